The van der Waals surface area contributed by atoms with E-state index in [0.717, 1.165) is 0 Å². The molecule has 0 bridgehead atoms. The second-order valence-electron chi connectivity index (χ2n) is 2.86. The second-order valence-corrected chi connectivity index (χ2v) is 6.36. The molecule has 0 aliphatic carbocycles. The van der Waals surface area contributed by atoms with Gasteiger partial charge in [-0.3, -0.25) is 0 Å². The lowest BCUT2D eigenvalue weighted by atomic mass is 10.3. The zero-order valence-corrected chi connectivity index (χ0v) is 11.2. The van der Waals surface area contributed by atoms with Crippen LogP contribution in [0.5, 0.6) is 0 Å². The minimum atomic E-state index is 0.547. The Labute approximate surface area is 101 Å². The molecule has 1 nitrogen and oxygen atoms in total. The van der Waals surface area contributed by atoms with E-state index in [1.807, 2.05) is 23.5 Å². The first-order valence-corrected chi connectivity index (χ1v) is 7.19. The highest BCUT2D eigenvalue weighted by molar-refractivity contribution is 14.1. The van der Waals surface area contributed by atoms with E-state index in [0.29, 0.717) is 4.71 Å². The Morgan fingerprint density at radius 1 is 1.54 bits per heavy atom. The topological polar surface area (TPSA) is 3.24 Å². The molecule has 0 spiro atoms. The quantitative estimate of drug-likeness (QED) is 0.729. The molecule has 0 saturated carbocycles. The summed E-state index contributed by atoms with van der Waals surface area (Å²) in [6.07, 6.45) is 2.16. The molecule has 70 valence electrons. The predicted molar refractivity (Wildman–Crippen MR) is 70.7 cm³/mol. The van der Waals surface area contributed by atoms with Crippen LogP contribution in [0.1, 0.15) is 0 Å². The first-order chi connectivity index (χ1) is 6.24. The summed E-state index contributed by atoms with van der Waals surface area (Å²) < 4.78 is 1.90. The van der Waals surface area contributed by atoms with Crippen LogP contribution in [0.25, 0.3) is 0 Å². The molecule has 1 aliphatic rings. The fraction of sp³-hybridized carbons (Fsp3) is 0.333. The third kappa shape index (κ3) is 1.68. The van der Waals surface area contributed by atoms with Gasteiger partial charge in [0, 0.05) is 15.5 Å². The number of benzene rings is 1. The van der Waals surface area contributed by atoms with Gasteiger partial charge in [-0.1, -0.05) is 17.8 Å². The Bertz CT molecular complexity index is 329. The first-order valence-electron chi connectivity index (χ1n) is 3.95. The van der Waals surface area contributed by atoms with Gasteiger partial charge in [0.05, 0.1) is 5.69 Å². The molecule has 1 unspecified atom stereocenters. The second kappa shape index (κ2) is 3.90. The smallest absolute Gasteiger partial charge is 0.126 e. The predicted octanol–water partition coefficient (Wildman–Crippen LogP) is 3.48. The Hall–Kier alpha value is 0.450. The van der Waals surface area contributed by atoms with Crippen molar-refractivity contribution in [2.24, 2.45) is 0 Å². The van der Waals surface area contributed by atoms with Crippen LogP contribution in [0.15, 0.2) is 23.1 Å². The molecule has 0 aromatic heterocycles. The lowest BCUT2D eigenvalue weighted by Crippen LogP contribution is -2.21. The van der Waals surface area contributed by atoms with Gasteiger partial charge in [0.1, 0.15) is 4.71 Å². The molecule has 0 fully saturated rings. The molecule has 1 atom stereocenters. The van der Waals surface area contributed by atoms with Crippen molar-refractivity contribution in [2.45, 2.75) is 9.60 Å². The highest BCUT2D eigenvalue weighted by atomic mass is 127. The van der Waals surface area contributed by atoms with E-state index in [1.165, 1.54) is 14.2 Å². The van der Waals surface area contributed by atoms with Crippen molar-refractivity contribution in [1.29, 1.82) is 0 Å². The molecule has 2 rings (SSSR count). The molecular weight excluding hydrogens is 313 g/mol. The number of thioether (sulfide) groups is 2. The minimum absolute atomic E-state index is 0.547. The third-order valence-corrected chi connectivity index (χ3v) is 5.61. The number of fused-ring (bicyclic) bond motifs is 1. The van der Waals surface area contributed by atoms with Gasteiger partial charge < -0.3 is 4.90 Å². The zero-order valence-electron chi connectivity index (χ0n) is 7.45. The summed E-state index contributed by atoms with van der Waals surface area (Å²) in [6.45, 7) is 0. The largest absolute Gasteiger partial charge is 0.352 e. The van der Waals surface area contributed by atoms with E-state index in [1.54, 1.807) is 0 Å². The van der Waals surface area contributed by atoms with Crippen molar-refractivity contribution >= 4 is 51.8 Å². The van der Waals surface area contributed by atoms with Crippen LogP contribution in [-0.4, -0.2) is 18.0 Å². The van der Waals surface area contributed by atoms with E-state index in [9.17, 15) is 0 Å². The van der Waals surface area contributed by atoms with E-state index >= 15 is 0 Å². The summed E-state index contributed by atoms with van der Waals surface area (Å²) in [7, 11) is 2.17. The summed E-state index contributed by atoms with van der Waals surface area (Å²) in [4.78, 5) is 3.76. The van der Waals surface area contributed by atoms with Gasteiger partial charge in [-0.25, -0.2) is 0 Å². The maximum Gasteiger partial charge on any atom is 0.126 e. The standard InChI is InChI=1S/C9H10INS2/c1-11-8-6(10)4-3-5-7(8)13-9(11)12-2/h3-5,9H,1-2H3. The highest BCUT2D eigenvalue weighted by Gasteiger charge is 2.27. The van der Waals surface area contributed by atoms with Crippen LogP contribution in [0.4, 0.5) is 5.69 Å². The Morgan fingerprint density at radius 2 is 2.31 bits per heavy atom. The molecule has 4 heteroatoms. The molecule has 1 heterocycles. The average Bonchev–Trinajstić information content (AvgIpc) is 2.44. The minimum Gasteiger partial charge on any atom is -0.352 e. The van der Waals surface area contributed by atoms with Crippen LogP contribution in [0.2, 0.25) is 0 Å². The maximum absolute atomic E-state index is 2.40. The lowest BCUT2D eigenvalue weighted by molar-refractivity contribution is 1.06. The van der Waals surface area contributed by atoms with Crippen molar-refractivity contribution in [3.05, 3.63) is 21.8 Å². The molecule has 0 saturated heterocycles. The van der Waals surface area contributed by atoms with Gasteiger partial charge in [-0.05, 0) is 41.0 Å². The number of nitrogens with zero attached hydrogens (tertiary/aromatic N) is 1. The molecule has 1 aliphatic heterocycles. The summed E-state index contributed by atoms with van der Waals surface area (Å²) in [5.74, 6) is 0. The Balaban J connectivity index is 2.44. The monoisotopic (exact) mass is 323 g/mol. The van der Waals surface area contributed by atoms with Crippen LogP contribution in [0.3, 0.4) is 0 Å². The Kier molecular flexibility index (Phi) is 3.00. The molecule has 0 radical (unpaired) electrons. The van der Waals surface area contributed by atoms with Crippen molar-refractivity contribution in [3.8, 4) is 0 Å². The fourth-order valence-corrected chi connectivity index (χ4v) is 4.61. The lowest BCUT2D eigenvalue weighted by Gasteiger charge is -2.19. The van der Waals surface area contributed by atoms with Crippen LogP contribution in [-0.2, 0) is 0 Å². The van der Waals surface area contributed by atoms with E-state index in [4.69, 9.17) is 0 Å². The normalized spacial score (nSPS) is 20.5. The van der Waals surface area contributed by atoms with Crippen molar-refractivity contribution in [2.75, 3.05) is 18.2 Å². The van der Waals surface area contributed by atoms with Gasteiger partial charge in [0.2, 0.25) is 0 Å². The molecule has 1 aromatic rings. The van der Waals surface area contributed by atoms with Gasteiger partial charge in [-0.2, -0.15) is 0 Å². The van der Waals surface area contributed by atoms with Crippen LogP contribution >= 0.6 is 46.1 Å². The van der Waals surface area contributed by atoms with Gasteiger partial charge in [0.25, 0.3) is 0 Å². The van der Waals surface area contributed by atoms with Crippen molar-refractivity contribution in [1.82, 2.24) is 0 Å². The maximum atomic E-state index is 2.40. The molecule has 13 heavy (non-hydrogen) atoms. The SMILES string of the molecule is CSC1Sc2cccc(I)c2N1C. The van der Waals surface area contributed by atoms with E-state index < -0.39 is 0 Å². The van der Waals surface area contributed by atoms with E-state index in [2.05, 4.69) is 59.0 Å². The number of anilines is 1. The molecule has 0 amide bonds. The zero-order chi connectivity index (χ0) is 9.42. The van der Waals surface area contributed by atoms with Crippen LogP contribution < -0.4 is 4.90 Å². The Morgan fingerprint density at radius 3 is 2.92 bits per heavy atom. The van der Waals surface area contributed by atoms with E-state index in [-0.39, 0.29) is 0 Å². The summed E-state index contributed by atoms with van der Waals surface area (Å²) in [5.41, 5.74) is 1.40. The number of rotatable bonds is 1. The average molecular weight is 323 g/mol. The first kappa shape index (κ1) is 9.98. The highest BCUT2D eigenvalue weighted by Crippen LogP contribution is 2.47. The molecular formula is C9H10INS2. The summed E-state index contributed by atoms with van der Waals surface area (Å²) in [6, 6.07) is 6.50. The third-order valence-electron chi connectivity index (χ3n) is 2.05. The van der Waals surface area contributed by atoms with Crippen LogP contribution in [0, 0.1) is 3.57 Å². The number of hydrogen-bond donors (Lipinski definition) is 0. The number of hydrogen-bond acceptors (Lipinski definition) is 3. The van der Waals surface area contributed by atoms with Crippen molar-refractivity contribution < 1.29 is 0 Å². The fourth-order valence-electron chi connectivity index (χ4n) is 1.43. The number of halogens is 1. The molecule has 1 aromatic carbocycles. The summed E-state index contributed by atoms with van der Waals surface area (Å²) >= 11 is 6.24. The van der Waals surface area contributed by atoms with Gasteiger partial charge in [0.15, 0.2) is 0 Å². The number of para-hydroxylation sites is 1. The molecule has 0 N–H and O–H groups in total. The van der Waals surface area contributed by atoms with Gasteiger partial charge in [-0.15, -0.1) is 11.8 Å². The van der Waals surface area contributed by atoms with Crippen molar-refractivity contribution in [3.63, 3.8) is 0 Å². The van der Waals surface area contributed by atoms with Gasteiger partial charge >= 0.3 is 0 Å². The summed E-state index contributed by atoms with van der Waals surface area (Å²) in [5, 5.41) is 0.